The molecule has 0 bridgehead atoms. The van der Waals surface area contributed by atoms with Gasteiger partial charge in [0.05, 0.1) is 18.6 Å². The Hall–Kier alpha value is -1.36. The highest BCUT2D eigenvalue weighted by Gasteiger charge is 2.24. The molecule has 1 aromatic heterocycles. The van der Waals surface area contributed by atoms with Gasteiger partial charge in [0.1, 0.15) is 0 Å². The van der Waals surface area contributed by atoms with Gasteiger partial charge >= 0.3 is 0 Å². The smallest absolute Gasteiger partial charge is 0.231 e. The average Bonchev–Trinajstić information content (AvgIpc) is 2.87. The molecule has 0 aromatic carbocycles. The number of primary amides is 1. The Bertz CT molecular complexity index is 329. The minimum absolute atomic E-state index is 0.218. The Morgan fingerprint density at radius 2 is 2.50 bits per heavy atom. The molecule has 1 aliphatic rings. The van der Waals surface area contributed by atoms with Crippen molar-refractivity contribution in [3.05, 3.63) is 18.2 Å². The van der Waals surface area contributed by atoms with Crippen LogP contribution in [-0.4, -0.2) is 22.0 Å². The summed E-state index contributed by atoms with van der Waals surface area (Å²) in [5.41, 5.74) is 6.14. The molecule has 0 radical (unpaired) electrons. The van der Waals surface area contributed by atoms with Crippen molar-refractivity contribution in [2.45, 2.75) is 25.4 Å². The second-order valence-electron chi connectivity index (χ2n) is 3.59. The molecule has 1 amide bonds. The van der Waals surface area contributed by atoms with Crippen LogP contribution in [0.5, 0.6) is 0 Å². The molecule has 1 aromatic rings. The fourth-order valence-corrected chi connectivity index (χ4v) is 1.46. The molecule has 14 heavy (non-hydrogen) atoms. The largest absolute Gasteiger partial charge is 0.369 e. The standard InChI is InChI=1S/C9H14N4O/c10-9(14)5-11-3-8-4-12-6-13(8)7-1-2-7/h4,6-7,11H,1-3,5H2,(H2,10,14). The summed E-state index contributed by atoms with van der Waals surface area (Å²) in [6.07, 6.45) is 6.14. The number of hydrogen-bond donors (Lipinski definition) is 2. The molecular formula is C9H14N4O. The molecular weight excluding hydrogens is 180 g/mol. The molecule has 0 atom stereocenters. The second-order valence-corrected chi connectivity index (χ2v) is 3.59. The summed E-state index contributed by atoms with van der Waals surface area (Å²) in [6.45, 7) is 0.870. The van der Waals surface area contributed by atoms with Gasteiger partial charge in [-0.1, -0.05) is 0 Å². The summed E-state index contributed by atoms with van der Waals surface area (Å²) in [5, 5.41) is 2.97. The van der Waals surface area contributed by atoms with E-state index in [1.807, 2.05) is 12.5 Å². The van der Waals surface area contributed by atoms with E-state index in [0.717, 1.165) is 5.69 Å². The van der Waals surface area contributed by atoms with E-state index >= 15 is 0 Å². The van der Waals surface area contributed by atoms with E-state index in [2.05, 4.69) is 14.9 Å². The second kappa shape index (κ2) is 3.79. The first kappa shape index (κ1) is 9.21. The maximum atomic E-state index is 10.5. The normalized spacial score (nSPS) is 15.7. The molecule has 1 aliphatic carbocycles. The van der Waals surface area contributed by atoms with Crippen molar-refractivity contribution in [3.63, 3.8) is 0 Å². The third kappa shape index (κ3) is 2.11. The molecule has 1 heterocycles. The Morgan fingerprint density at radius 1 is 1.71 bits per heavy atom. The van der Waals surface area contributed by atoms with E-state index in [1.165, 1.54) is 12.8 Å². The molecule has 1 fully saturated rings. The molecule has 0 aliphatic heterocycles. The fourth-order valence-electron chi connectivity index (χ4n) is 1.46. The highest BCUT2D eigenvalue weighted by Crippen LogP contribution is 2.35. The quantitative estimate of drug-likeness (QED) is 0.681. The lowest BCUT2D eigenvalue weighted by molar-refractivity contribution is -0.117. The predicted molar refractivity (Wildman–Crippen MR) is 51.4 cm³/mol. The van der Waals surface area contributed by atoms with Crippen LogP contribution in [0.4, 0.5) is 0 Å². The summed E-state index contributed by atoms with van der Waals surface area (Å²) in [5.74, 6) is -0.331. The van der Waals surface area contributed by atoms with E-state index in [1.54, 1.807) is 0 Å². The van der Waals surface area contributed by atoms with E-state index in [4.69, 9.17) is 5.73 Å². The van der Waals surface area contributed by atoms with Crippen molar-refractivity contribution in [3.8, 4) is 0 Å². The zero-order valence-electron chi connectivity index (χ0n) is 7.94. The summed E-state index contributed by atoms with van der Waals surface area (Å²) >= 11 is 0. The van der Waals surface area contributed by atoms with Crippen molar-refractivity contribution >= 4 is 5.91 Å². The summed E-state index contributed by atoms with van der Waals surface area (Å²) in [4.78, 5) is 14.6. The van der Waals surface area contributed by atoms with Crippen LogP contribution >= 0.6 is 0 Å². The van der Waals surface area contributed by atoms with Gasteiger partial charge in [0.15, 0.2) is 0 Å². The molecule has 5 heteroatoms. The average molecular weight is 194 g/mol. The molecule has 2 rings (SSSR count). The topological polar surface area (TPSA) is 72.9 Å². The first-order valence-corrected chi connectivity index (χ1v) is 4.77. The molecule has 76 valence electrons. The minimum Gasteiger partial charge on any atom is -0.369 e. The number of imidazole rings is 1. The monoisotopic (exact) mass is 194 g/mol. The maximum Gasteiger partial charge on any atom is 0.231 e. The third-order valence-corrected chi connectivity index (χ3v) is 2.29. The van der Waals surface area contributed by atoms with Crippen LogP contribution in [0.25, 0.3) is 0 Å². The number of nitrogens with zero attached hydrogens (tertiary/aromatic N) is 2. The number of carbonyl (C=O) groups excluding carboxylic acids is 1. The Balaban J connectivity index is 1.88. The molecule has 0 saturated heterocycles. The number of aromatic nitrogens is 2. The molecule has 1 saturated carbocycles. The van der Waals surface area contributed by atoms with Gasteiger partial charge in [-0.05, 0) is 12.8 Å². The first-order valence-electron chi connectivity index (χ1n) is 4.77. The van der Waals surface area contributed by atoms with E-state index < -0.39 is 0 Å². The maximum absolute atomic E-state index is 10.5. The number of nitrogens with one attached hydrogen (secondary N) is 1. The molecule has 3 N–H and O–H groups in total. The number of rotatable bonds is 5. The lowest BCUT2D eigenvalue weighted by Gasteiger charge is -2.06. The van der Waals surface area contributed by atoms with Crippen molar-refractivity contribution in [1.82, 2.24) is 14.9 Å². The third-order valence-electron chi connectivity index (χ3n) is 2.29. The van der Waals surface area contributed by atoms with Crippen LogP contribution in [0.2, 0.25) is 0 Å². The van der Waals surface area contributed by atoms with Crippen molar-refractivity contribution in [1.29, 1.82) is 0 Å². The summed E-state index contributed by atoms with van der Waals surface area (Å²) in [6, 6.07) is 0.628. The number of amides is 1. The van der Waals surface area contributed by atoms with Crippen molar-refractivity contribution in [2.75, 3.05) is 6.54 Å². The van der Waals surface area contributed by atoms with E-state index in [9.17, 15) is 4.79 Å². The van der Waals surface area contributed by atoms with Gasteiger partial charge < -0.3 is 15.6 Å². The summed E-state index contributed by atoms with van der Waals surface area (Å²) < 4.78 is 2.16. The van der Waals surface area contributed by atoms with Gasteiger partial charge in [0, 0.05) is 18.8 Å². The Labute approximate surface area is 82.3 Å². The highest BCUT2D eigenvalue weighted by atomic mass is 16.1. The van der Waals surface area contributed by atoms with Gasteiger partial charge in [0.25, 0.3) is 0 Å². The first-order chi connectivity index (χ1) is 6.77. The van der Waals surface area contributed by atoms with Crippen LogP contribution in [-0.2, 0) is 11.3 Å². The fraction of sp³-hybridized carbons (Fsp3) is 0.556. The summed E-state index contributed by atoms with van der Waals surface area (Å²) in [7, 11) is 0. The van der Waals surface area contributed by atoms with Gasteiger partial charge in [0.2, 0.25) is 5.91 Å². The van der Waals surface area contributed by atoms with Crippen LogP contribution in [0.3, 0.4) is 0 Å². The van der Waals surface area contributed by atoms with Crippen molar-refractivity contribution in [2.24, 2.45) is 5.73 Å². The lowest BCUT2D eigenvalue weighted by Crippen LogP contribution is -2.28. The Kier molecular flexibility index (Phi) is 2.49. The zero-order valence-corrected chi connectivity index (χ0v) is 7.94. The molecule has 0 spiro atoms. The van der Waals surface area contributed by atoms with E-state index in [-0.39, 0.29) is 12.5 Å². The Morgan fingerprint density at radius 3 is 3.14 bits per heavy atom. The number of hydrogen-bond acceptors (Lipinski definition) is 3. The minimum atomic E-state index is -0.331. The highest BCUT2D eigenvalue weighted by molar-refractivity contribution is 5.75. The number of nitrogens with two attached hydrogens (primary N) is 1. The van der Waals surface area contributed by atoms with Gasteiger partial charge in [-0.25, -0.2) is 4.98 Å². The predicted octanol–water partition coefficient (Wildman–Crippen LogP) is -0.207. The lowest BCUT2D eigenvalue weighted by atomic mass is 10.4. The van der Waals surface area contributed by atoms with Gasteiger partial charge in [-0.3, -0.25) is 4.79 Å². The van der Waals surface area contributed by atoms with E-state index in [0.29, 0.717) is 12.6 Å². The van der Waals surface area contributed by atoms with Crippen molar-refractivity contribution < 1.29 is 4.79 Å². The molecule has 0 unspecified atom stereocenters. The SMILES string of the molecule is NC(=O)CNCc1cncn1C1CC1. The van der Waals surface area contributed by atoms with Crippen LogP contribution in [0.1, 0.15) is 24.6 Å². The molecule has 5 nitrogen and oxygen atoms in total. The van der Waals surface area contributed by atoms with Crippen LogP contribution in [0.15, 0.2) is 12.5 Å². The van der Waals surface area contributed by atoms with Crippen LogP contribution < -0.4 is 11.1 Å². The number of carbonyl (C=O) groups is 1. The van der Waals surface area contributed by atoms with Gasteiger partial charge in [-0.2, -0.15) is 0 Å². The van der Waals surface area contributed by atoms with Gasteiger partial charge in [-0.15, -0.1) is 0 Å². The van der Waals surface area contributed by atoms with Crippen LogP contribution in [0, 0.1) is 0 Å². The zero-order chi connectivity index (χ0) is 9.97.